The first-order chi connectivity index (χ1) is 8.78. The predicted molar refractivity (Wildman–Crippen MR) is 69.8 cm³/mol. The third-order valence-corrected chi connectivity index (χ3v) is 4.73. The van der Waals surface area contributed by atoms with E-state index < -0.39 is 16.0 Å². The second-order valence-corrected chi connectivity index (χ2v) is 6.12. The molecule has 0 fully saturated rings. The minimum absolute atomic E-state index is 0.0663. The highest BCUT2D eigenvalue weighted by atomic mass is 32.2. The van der Waals surface area contributed by atoms with Gasteiger partial charge in [-0.1, -0.05) is 0 Å². The second-order valence-electron chi connectivity index (χ2n) is 4.10. The first kappa shape index (κ1) is 15.5. The van der Waals surface area contributed by atoms with E-state index in [4.69, 9.17) is 9.84 Å². The van der Waals surface area contributed by atoms with Gasteiger partial charge in [0.25, 0.3) is 0 Å². The lowest BCUT2D eigenvalue weighted by Gasteiger charge is -2.18. The van der Waals surface area contributed by atoms with Gasteiger partial charge in [0.2, 0.25) is 10.0 Å². The van der Waals surface area contributed by atoms with E-state index in [2.05, 4.69) is 0 Å². The normalized spacial score (nSPS) is 11.6. The van der Waals surface area contributed by atoms with E-state index in [-0.39, 0.29) is 17.9 Å². The van der Waals surface area contributed by atoms with Gasteiger partial charge >= 0.3 is 5.97 Å². The van der Waals surface area contributed by atoms with E-state index >= 15 is 0 Å². The Kier molecular flexibility index (Phi) is 4.90. The number of carboxylic acids is 1. The molecule has 106 valence electrons. The maximum absolute atomic E-state index is 12.3. The largest absolute Gasteiger partial charge is 0.497 e. The highest BCUT2D eigenvalue weighted by molar-refractivity contribution is 7.89. The fraction of sp³-hybridized carbons (Fsp3) is 0.417. The molecule has 0 heterocycles. The minimum atomic E-state index is -3.68. The topological polar surface area (TPSA) is 83.9 Å². The van der Waals surface area contributed by atoms with E-state index in [1.807, 2.05) is 0 Å². The number of hydrogen-bond acceptors (Lipinski definition) is 4. The number of methoxy groups -OCH3 is 1. The SMILES string of the molecule is COc1ccc(S(=O)(=O)N(C)CCC(=O)O)c(C)c1. The summed E-state index contributed by atoms with van der Waals surface area (Å²) in [6, 6.07) is 4.64. The van der Waals surface area contributed by atoms with Crippen LogP contribution in [0.3, 0.4) is 0 Å². The fourth-order valence-electron chi connectivity index (χ4n) is 1.58. The predicted octanol–water partition coefficient (Wildman–Crippen LogP) is 1.10. The molecular weight excluding hydrogens is 270 g/mol. The first-order valence-electron chi connectivity index (χ1n) is 5.62. The van der Waals surface area contributed by atoms with Crippen molar-refractivity contribution in [2.24, 2.45) is 0 Å². The molecule has 0 saturated heterocycles. The summed E-state index contributed by atoms with van der Waals surface area (Å²) in [5.41, 5.74) is 0.557. The van der Waals surface area contributed by atoms with Crippen molar-refractivity contribution in [3.8, 4) is 5.75 Å². The number of carbonyl (C=O) groups is 1. The minimum Gasteiger partial charge on any atom is -0.497 e. The van der Waals surface area contributed by atoms with Crippen LogP contribution < -0.4 is 4.74 Å². The Morgan fingerprint density at radius 2 is 2.05 bits per heavy atom. The fourth-order valence-corrected chi connectivity index (χ4v) is 2.95. The molecule has 0 amide bonds. The highest BCUT2D eigenvalue weighted by Crippen LogP contribution is 2.23. The summed E-state index contributed by atoms with van der Waals surface area (Å²) in [6.07, 6.45) is -0.231. The van der Waals surface area contributed by atoms with Crippen molar-refractivity contribution in [2.75, 3.05) is 20.7 Å². The Morgan fingerprint density at radius 3 is 2.53 bits per heavy atom. The maximum Gasteiger partial charge on any atom is 0.304 e. The quantitative estimate of drug-likeness (QED) is 0.847. The van der Waals surface area contributed by atoms with Crippen LogP contribution in [0.1, 0.15) is 12.0 Å². The van der Waals surface area contributed by atoms with Crippen LogP contribution in [0.4, 0.5) is 0 Å². The van der Waals surface area contributed by atoms with Crippen LogP contribution >= 0.6 is 0 Å². The molecule has 0 aliphatic rings. The number of ether oxygens (including phenoxy) is 1. The van der Waals surface area contributed by atoms with Crippen molar-refractivity contribution < 1.29 is 23.1 Å². The van der Waals surface area contributed by atoms with Crippen molar-refractivity contribution in [3.05, 3.63) is 23.8 Å². The number of aryl methyl sites for hydroxylation is 1. The molecule has 0 radical (unpaired) electrons. The van der Waals surface area contributed by atoms with Crippen LogP contribution in [0.2, 0.25) is 0 Å². The van der Waals surface area contributed by atoms with Crippen LogP contribution in [0, 0.1) is 6.92 Å². The zero-order valence-corrected chi connectivity index (χ0v) is 11.9. The number of rotatable bonds is 6. The van der Waals surface area contributed by atoms with E-state index in [1.165, 1.54) is 20.2 Å². The Hall–Kier alpha value is -1.60. The Morgan fingerprint density at radius 1 is 1.42 bits per heavy atom. The van der Waals surface area contributed by atoms with Crippen molar-refractivity contribution in [2.45, 2.75) is 18.2 Å². The molecule has 0 aliphatic heterocycles. The lowest BCUT2D eigenvalue weighted by atomic mass is 10.2. The zero-order chi connectivity index (χ0) is 14.6. The second kappa shape index (κ2) is 6.03. The average molecular weight is 287 g/mol. The van der Waals surface area contributed by atoms with Crippen molar-refractivity contribution >= 4 is 16.0 Å². The van der Waals surface area contributed by atoms with Crippen LogP contribution in [-0.2, 0) is 14.8 Å². The van der Waals surface area contributed by atoms with Gasteiger partial charge in [-0.25, -0.2) is 12.7 Å². The van der Waals surface area contributed by atoms with Crippen molar-refractivity contribution in [1.82, 2.24) is 4.31 Å². The molecule has 7 heteroatoms. The van der Waals surface area contributed by atoms with Gasteiger partial charge in [0.15, 0.2) is 0 Å². The summed E-state index contributed by atoms with van der Waals surface area (Å²) in [5, 5.41) is 8.58. The van der Waals surface area contributed by atoms with Gasteiger partial charge < -0.3 is 9.84 Å². The molecule has 0 aromatic heterocycles. The highest BCUT2D eigenvalue weighted by Gasteiger charge is 2.23. The van der Waals surface area contributed by atoms with Gasteiger partial charge in [0.1, 0.15) is 5.75 Å². The van der Waals surface area contributed by atoms with Gasteiger partial charge in [-0.2, -0.15) is 0 Å². The Labute approximate surface area is 112 Å². The lowest BCUT2D eigenvalue weighted by molar-refractivity contribution is -0.137. The van der Waals surface area contributed by atoms with Gasteiger partial charge in [-0.3, -0.25) is 4.79 Å². The van der Waals surface area contributed by atoms with E-state index in [1.54, 1.807) is 19.1 Å². The molecule has 6 nitrogen and oxygen atoms in total. The van der Waals surface area contributed by atoms with Crippen LogP contribution in [0.5, 0.6) is 5.75 Å². The lowest BCUT2D eigenvalue weighted by Crippen LogP contribution is -2.29. The maximum atomic E-state index is 12.3. The average Bonchev–Trinajstić information content (AvgIpc) is 2.35. The number of nitrogens with zero attached hydrogens (tertiary/aromatic N) is 1. The van der Waals surface area contributed by atoms with Gasteiger partial charge in [-0.15, -0.1) is 0 Å². The smallest absolute Gasteiger partial charge is 0.304 e. The van der Waals surface area contributed by atoms with Gasteiger partial charge in [-0.05, 0) is 30.7 Å². The summed E-state index contributed by atoms with van der Waals surface area (Å²) < 4.78 is 30.6. The van der Waals surface area contributed by atoms with Crippen LogP contribution in [0.15, 0.2) is 23.1 Å². The molecule has 0 spiro atoms. The van der Waals surface area contributed by atoms with E-state index in [0.717, 1.165) is 4.31 Å². The molecule has 0 aliphatic carbocycles. The third kappa shape index (κ3) is 3.68. The number of sulfonamides is 1. The summed E-state index contributed by atoms with van der Waals surface area (Å²) in [5.74, 6) is -0.460. The molecule has 19 heavy (non-hydrogen) atoms. The number of benzene rings is 1. The molecule has 0 atom stereocenters. The first-order valence-corrected chi connectivity index (χ1v) is 7.06. The number of hydrogen-bond donors (Lipinski definition) is 1. The number of carboxylic acid groups (broad SMARTS) is 1. The zero-order valence-electron chi connectivity index (χ0n) is 11.1. The molecule has 1 aromatic carbocycles. The van der Waals surface area contributed by atoms with Crippen molar-refractivity contribution in [3.63, 3.8) is 0 Å². The summed E-state index contributed by atoms with van der Waals surface area (Å²) in [6.45, 7) is 1.60. The molecule has 1 aromatic rings. The molecule has 0 unspecified atom stereocenters. The molecule has 0 bridgehead atoms. The van der Waals surface area contributed by atoms with E-state index in [0.29, 0.717) is 11.3 Å². The van der Waals surface area contributed by atoms with Crippen LogP contribution in [-0.4, -0.2) is 44.5 Å². The summed E-state index contributed by atoms with van der Waals surface area (Å²) in [4.78, 5) is 10.6. The third-order valence-electron chi connectivity index (χ3n) is 2.71. The summed E-state index contributed by atoms with van der Waals surface area (Å²) in [7, 11) is -0.811. The van der Waals surface area contributed by atoms with E-state index in [9.17, 15) is 13.2 Å². The monoisotopic (exact) mass is 287 g/mol. The molecule has 0 saturated carbocycles. The van der Waals surface area contributed by atoms with Crippen LogP contribution in [0.25, 0.3) is 0 Å². The van der Waals surface area contributed by atoms with Crippen molar-refractivity contribution in [1.29, 1.82) is 0 Å². The Balaban J connectivity index is 3.03. The van der Waals surface area contributed by atoms with Gasteiger partial charge in [0, 0.05) is 13.6 Å². The molecular formula is C12H17NO5S. The number of aliphatic carboxylic acids is 1. The Bertz CT molecular complexity index is 567. The van der Waals surface area contributed by atoms with Gasteiger partial charge in [0.05, 0.1) is 18.4 Å². The molecule has 1 rings (SSSR count). The molecule has 1 N–H and O–H groups in total. The summed E-state index contributed by atoms with van der Waals surface area (Å²) >= 11 is 0. The standard InChI is InChI=1S/C12H17NO5S/c1-9-8-10(18-3)4-5-11(9)19(16,17)13(2)7-6-12(14)15/h4-5,8H,6-7H2,1-3H3,(H,14,15).